The minimum Gasteiger partial charge on any atom is -0.304 e. The molecule has 5 heteroatoms. The van der Waals surface area contributed by atoms with Crippen molar-refractivity contribution in [2.45, 2.75) is 51.6 Å². The van der Waals surface area contributed by atoms with E-state index in [1.54, 1.807) is 0 Å². The average Bonchev–Trinajstić information content (AvgIpc) is 3.18. The van der Waals surface area contributed by atoms with Crippen molar-refractivity contribution in [1.29, 1.82) is 0 Å². The summed E-state index contributed by atoms with van der Waals surface area (Å²) in [6, 6.07) is 8.66. The number of aryl methyl sites for hydroxylation is 1. The van der Waals surface area contributed by atoms with E-state index in [1.165, 1.54) is 11.1 Å². The van der Waals surface area contributed by atoms with Gasteiger partial charge in [-0.2, -0.15) is 0 Å². The molecular formula is C16H26N2O2S. The van der Waals surface area contributed by atoms with Crippen LogP contribution in [0.3, 0.4) is 0 Å². The second kappa shape index (κ2) is 6.46. The third kappa shape index (κ3) is 4.53. The molecular weight excluding hydrogens is 284 g/mol. The van der Waals surface area contributed by atoms with Gasteiger partial charge in [0, 0.05) is 18.1 Å². The van der Waals surface area contributed by atoms with Crippen LogP contribution in [0.25, 0.3) is 0 Å². The van der Waals surface area contributed by atoms with Gasteiger partial charge in [0.2, 0.25) is 10.0 Å². The molecule has 2 N–H and O–H groups in total. The fourth-order valence-electron chi connectivity index (χ4n) is 2.70. The molecule has 1 fully saturated rings. The lowest BCUT2D eigenvalue weighted by molar-refractivity contribution is 0.434. The number of nitrogens with one attached hydrogen (secondary N) is 2. The topological polar surface area (TPSA) is 58.2 Å². The van der Waals surface area contributed by atoms with Crippen LogP contribution in [0, 0.1) is 6.92 Å². The second-order valence-corrected chi connectivity index (χ2v) is 8.09. The highest BCUT2D eigenvalue weighted by molar-refractivity contribution is 7.89. The van der Waals surface area contributed by atoms with E-state index in [0.717, 1.165) is 12.8 Å². The predicted molar refractivity (Wildman–Crippen MR) is 86.8 cm³/mol. The van der Waals surface area contributed by atoms with Gasteiger partial charge in [-0.05, 0) is 38.7 Å². The first-order valence-corrected chi connectivity index (χ1v) is 9.34. The highest BCUT2D eigenvalue weighted by atomic mass is 32.2. The Balaban J connectivity index is 1.92. The van der Waals surface area contributed by atoms with Crippen molar-refractivity contribution in [1.82, 2.24) is 10.0 Å². The molecule has 0 radical (unpaired) electrons. The molecule has 0 spiro atoms. The van der Waals surface area contributed by atoms with Crippen LogP contribution in [0.5, 0.6) is 0 Å². The van der Waals surface area contributed by atoms with Crippen LogP contribution in [-0.4, -0.2) is 26.8 Å². The number of sulfonamides is 1. The standard InChI is InChI=1S/C16H26N2O2S/c1-4-10-21(19,20)17-12-14(3)18-16(8-9-16)15-7-5-6-13(2)11-15/h5-7,11,14,17-18H,4,8-10,12H2,1-3H3. The van der Waals surface area contributed by atoms with Crippen LogP contribution in [0.4, 0.5) is 0 Å². The molecule has 118 valence electrons. The number of benzene rings is 1. The summed E-state index contributed by atoms with van der Waals surface area (Å²) in [5.74, 6) is 0.197. The summed E-state index contributed by atoms with van der Waals surface area (Å²) >= 11 is 0. The molecule has 1 saturated carbocycles. The monoisotopic (exact) mass is 310 g/mol. The number of hydrogen-bond donors (Lipinski definition) is 2. The Morgan fingerprint density at radius 1 is 1.33 bits per heavy atom. The summed E-state index contributed by atoms with van der Waals surface area (Å²) in [4.78, 5) is 0. The van der Waals surface area contributed by atoms with Crippen molar-refractivity contribution in [3.05, 3.63) is 35.4 Å². The van der Waals surface area contributed by atoms with Crippen molar-refractivity contribution in [2.24, 2.45) is 0 Å². The minimum atomic E-state index is -3.12. The molecule has 1 aromatic rings. The lowest BCUT2D eigenvalue weighted by atomic mass is 10.0. The highest BCUT2D eigenvalue weighted by Crippen LogP contribution is 2.45. The van der Waals surface area contributed by atoms with E-state index in [0.29, 0.717) is 13.0 Å². The van der Waals surface area contributed by atoms with Crippen molar-refractivity contribution in [3.63, 3.8) is 0 Å². The first-order valence-electron chi connectivity index (χ1n) is 7.69. The molecule has 1 atom stereocenters. The molecule has 1 aliphatic rings. The predicted octanol–water partition coefficient (Wildman–Crippen LogP) is 2.29. The second-order valence-electron chi connectivity index (χ2n) is 6.16. The van der Waals surface area contributed by atoms with E-state index in [1.807, 2.05) is 13.8 Å². The van der Waals surface area contributed by atoms with Gasteiger partial charge in [0.1, 0.15) is 0 Å². The summed E-state index contributed by atoms with van der Waals surface area (Å²) in [6.07, 6.45) is 2.87. The van der Waals surface area contributed by atoms with Crippen molar-refractivity contribution < 1.29 is 8.42 Å². The van der Waals surface area contributed by atoms with E-state index in [4.69, 9.17) is 0 Å². The Morgan fingerprint density at radius 2 is 2.05 bits per heavy atom. The lowest BCUT2D eigenvalue weighted by Gasteiger charge is -2.24. The number of hydrogen-bond acceptors (Lipinski definition) is 3. The summed E-state index contributed by atoms with van der Waals surface area (Å²) in [5, 5.41) is 3.60. The zero-order valence-electron chi connectivity index (χ0n) is 13.1. The van der Waals surface area contributed by atoms with E-state index in [-0.39, 0.29) is 17.3 Å². The summed E-state index contributed by atoms with van der Waals surface area (Å²) in [7, 11) is -3.12. The highest BCUT2D eigenvalue weighted by Gasteiger charge is 2.44. The van der Waals surface area contributed by atoms with Gasteiger partial charge in [0.05, 0.1) is 5.75 Å². The van der Waals surface area contributed by atoms with Gasteiger partial charge >= 0.3 is 0 Å². The van der Waals surface area contributed by atoms with Crippen LogP contribution < -0.4 is 10.0 Å². The molecule has 1 aliphatic carbocycles. The van der Waals surface area contributed by atoms with Crippen LogP contribution in [0.15, 0.2) is 24.3 Å². The first kappa shape index (κ1) is 16.5. The largest absolute Gasteiger partial charge is 0.304 e. The molecule has 1 unspecified atom stereocenters. The molecule has 4 nitrogen and oxygen atoms in total. The van der Waals surface area contributed by atoms with Crippen LogP contribution >= 0.6 is 0 Å². The van der Waals surface area contributed by atoms with Gasteiger partial charge in [-0.15, -0.1) is 0 Å². The van der Waals surface area contributed by atoms with Gasteiger partial charge in [-0.25, -0.2) is 13.1 Å². The molecule has 0 aromatic heterocycles. The Hall–Kier alpha value is -0.910. The minimum absolute atomic E-state index is 0.0433. The van der Waals surface area contributed by atoms with Gasteiger partial charge < -0.3 is 5.32 Å². The van der Waals surface area contributed by atoms with Gasteiger partial charge in [0.25, 0.3) is 0 Å². The van der Waals surface area contributed by atoms with Crippen molar-refractivity contribution >= 4 is 10.0 Å². The maximum atomic E-state index is 11.7. The third-order valence-electron chi connectivity index (χ3n) is 3.93. The van der Waals surface area contributed by atoms with Gasteiger partial charge in [-0.1, -0.05) is 36.8 Å². The van der Waals surface area contributed by atoms with Crippen LogP contribution in [-0.2, 0) is 15.6 Å². The molecule has 0 amide bonds. The molecule has 0 bridgehead atoms. The Morgan fingerprint density at radius 3 is 2.62 bits per heavy atom. The molecule has 1 aromatic carbocycles. The average molecular weight is 310 g/mol. The zero-order valence-corrected chi connectivity index (χ0v) is 14.0. The van der Waals surface area contributed by atoms with Gasteiger partial charge in [-0.3, -0.25) is 0 Å². The molecule has 0 heterocycles. The molecule has 0 aliphatic heterocycles. The van der Waals surface area contributed by atoms with Crippen LogP contribution in [0.1, 0.15) is 44.2 Å². The molecule has 21 heavy (non-hydrogen) atoms. The smallest absolute Gasteiger partial charge is 0.211 e. The number of rotatable bonds is 8. The summed E-state index contributed by atoms with van der Waals surface area (Å²) < 4.78 is 26.1. The van der Waals surface area contributed by atoms with Crippen LogP contribution in [0.2, 0.25) is 0 Å². The molecule has 2 rings (SSSR count). The van der Waals surface area contributed by atoms with E-state index >= 15 is 0 Å². The maximum absolute atomic E-state index is 11.7. The van der Waals surface area contributed by atoms with E-state index in [2.05, 4.69) is 41.2 Å². The first-order chi connectivity index (χ1) is 9.87. The van der Waals surface area contributed by atoms with E-state index < -0.39 is 10.0 Å². The quantitative estimate of drug-likeness (QED) is 0.774. The Labute approximate surface area is 128 Å². The van der Waals surface area contributed by atoms with Crippen molar-refractivity contribution in [2.75, 3.05) is 12.3 Å². The SMILES string of the molecule is CCCS(=O)(=O)NCC(C)NC1(c2cccc(C)c2)CC1. The Kier molecular flexibility index (Phi) is 5.07. The summed E-state index contributed by atoms with van der Waals surface area (Å²) in [6.45, 7) is 6.44. The lowest BCUT2D eigenvalue weighted by Crippen LogP contribution is -2.44. The fourth-order valence-corrected chi connectivity index (χ4v) is 3.89. The summed E-state index contributed by atoms with van der Waals surface area (Å²) in [5.41, 5.74) is 2.62. The van der Waals surface area contributed by atoms with Gasteiger partial charge in [0.15, 0.2) is 0 Å². The van der Waals surface area contributed by atoms with E-state index in [9.17, 15) is 8.42 Å². The molecule has 0 saturated heterocycles. The van der Waals surface area contributed by atoms with Crippen molar-refractivity contribution in [3.8, 4) is 0 Å². The normalized spacial score (nSPS) is 18.4. The fraction of sp³-hybridized carbons (Fsp3) is 0.625. The third-order valence-corrected chi connectivity index (χ3v) is 5.48. The Bertz CT molecular complexity index is 580. The zero-order chi connectivity index (χ0) is 15.5. The maximum Gasteiger partial charge on any atom is 0.211 e.